The third-order valence-electron chi connectivity index (χ3n) is 4.12. The van der Waals surface area contributed by atoms with Gasteiger partial charge in [-0.3, -0.25) is 19.0 Å². The summed E-state index contributed by atoms with van der Waals surface area (Å²) in [5, 5.41) is 2.79. The lowest BCUT2D eigenvalue weighted by atomic mass is 10.2. The monoisotopic (exact) mass is 403 g/mol. The van der Waals surface area contributed by atoms with Crippen LogP contribution in [0.4, 0.5) is 4.39 Å². The fraction of sp³-hybridized carbons (Fsp3) is 0.263. The van der Waals surface area contributed by atoms with Crippen LogP contribution in [0.5, 0.6) is 0 Å². The second-order valence-electron chi connectivity index (χ2n) is 5.99. The largest absolute Gasteiger partial charge is 0.465 e. The van der Waals surface area contributed by atoms with Gasteiger partial charge in [0.1, 0.15) is 17.2 Å². The molecule has 9 heteroatoms. The van der Waals surface area contributed by atoms with Crippen LogP contribution in [0, 0.1) is 12.7 Å². The van der Waals surface area contributed by atoms with E-state index in [2.05, 4.69) is 10.3 Å². The van der Waals surface area contributed by atoms with E-state index in [9.17, 15) is 18.8 Å². The summed E-state index contributed by atoms with van der Waals surface area (Å²) in [6, 6.07) is 6.19. The van der Waals surface area contributed by atoms with Gasteiger partial charge in [0.25, 0.3) is 11.5 Å². The summed E-state index contributed by atoms with van der Waals surface area (Å²) in [4.78, 5) is 41.6. The summed E-state index contributed by atoms with van der Waals surface area (Å²) in [6.07, 6.45) is 1.34. The molecule has 146 valence electrons. The molecule has 0 saturated carbocycles. The van der Waals surface area contributed by atoms with Crippen LogP contribution in [0.15, 0.2) is 35.4 Å². The fourth-order valence-corrected chi connectivity index (χ4v) is 3.80. The molecule has 0 aliphatic rings. The van der Waals surface area contributed by atoms with Crippen molar-refractivity contribution < 1.29 is 18.7 Å². The minimum atomic E-state index is -0.542. The number of ether oxygens (including phenoxy) is 1. The van der Waals surface area contributed by atoms with Crippen LogP contribution >= 0.6 is 11.3 Å². The highest BCUT2D eigenvalue weighted by Gasteiger charge is 2.20. The number of aromatic nitrogens is 2. The molecule has 1 amide bonds. The van der Waals surface area contributed by atoms with Gasteiger partial charge in [0.05, 0.1) is 29.7 Å². The summed E-state index contributed by atoms with van der Waals surface area (Å²) in [5.74, 6) is -1.43. The molecular formula is C19H18FN3O4S. The molecule has 0 aliphatic heterocycles. The molecule has 1 aromatic carbocycles. The zero-order valence-corrected chi connectivity index (χ0v) is 16.1. The number of hydrogen-bond acceptors (Lipinski definition) is 6. The minimum Gasteiger partial charge on any atom is -0.465 e. The van der Waals surface area contributed by atoms with Crippen molar-refractivity contribution in [2.24, 2.45) is 0 Å². The Bertz CT molecular complexity index is 1110. The molecular weight excluding hydrogens is 385 g/mol. The van der Waals surface area contributed by atoms with Gasteiger partial charge >= 0.3 is 5.97 Å². The van der Waals surface area contributed by atoms with Crippen LogP contribution in [0.3, 0.4) is 0 Å². The van der Waals surface area contributed by atoms with E-state index >= 15 is 0 Å². The fourth-order valence-electron chi connectivity index (χ4n) is 2.74. The lowest BCUT2D eigenvalue weighted by Crippen LogP contribution is -2.30. The molecule has 0 aliphatic carbocycles. The summed E-state index contributed by atoms with van der Waals surface area (Å²) >= 11 is 1.07. The Morgan fingerprint density at radius 3 is 2.79 bits per heavy atom. The van der Waals surface area contributed by atoms with Crippen molar-refractivity contribution in [1.82, 2.24) is 14.9 Å². The van der Waals surface area contributed by atoms with Gasteiger partial charge in [-0.05, 0) is 25.5 Å². The number of thiophene rings is 1. The van der Waals surface area contributed by atoms with Crippen molar-refractivity contribution in [3.8, 4) is 0 Å². The molecule has 3 aromatic rings. The van der Waals surface area contributed by atoms with E-state index in [1.165, 1.54) is 17.0 Å². The topological polar surface area (TPSA) is 90.3 Å². The SMILES string of the molecule is CCOC(=O)CNC(=O)c1sc2ncn(Cc3ccccc3F)c(=O)c2c1C. The number of fused-ring (bicyclic) bond motifs is 1. The van der Waals surface area contributed by atoms with E-state index in [4.69, 9.17) is 4.74 Å². The second-order valence-corrected chi connectivity index (χ2v) is 6.99. The zero-order chi connectivity index (χ0) is 20.3. The van der Waals surface area contributed by atoms with Crippen molar-refractivity contribution in [3.05, 3.63) is 62.8 Å². The van der Waals surface area contributed by atoms with Crippen molar-refractivity contribution in [2.75, 3.05) is 13.2 Å². The van der Waals surface area contributed by atoms with Crippen LogP contribution < -0.4 is 10.9 Å². The molecule has 0 atom stereocenters. The van der Waals surface area contributed by atoms with Gasteiger partial charge < -0.3 is 10.1 Å². The van der Waals surface area contributed by atoms with E-state index in [-0.39, 0.29) is 25.3 Å². The van der Waals surface area contributed by atoms with Gasteiger partial charge in [-0.25, -0.2) is 9.37 Å². The van der Waals surface area contributed by atoms with Crippen molar-refractivity contribution >= 4 is 33.4 Å². The number of nitrogens with zero attached hydrogens (tertiary/aromatic N) is 2. The summed E-state index contributed by atoms with van der Waals surface area (Å²) in [7, 11) is 0. The maximum Gasteiger partial charge on any atom is 0.325 e. The minimum absolute atomic E-state index is 0.0358. The van der Waals surface area contributed by atoms with E-state index in [1.54, 1.807) is 32.0 Å². The number of benzene rings is 1. The molecule has 0 unspecified atom stereocenters. The Morgan fingerprint density at radius 1 is 1.32 bits per heavy atom. The van der Waals surface area contributed by atoms with Gasteiger partial charge in [-0.15, -0.1) is 11.3 Å². The molecule has 0 spiro atoms. The molecule has 0 radical (unpaired) electrons. The Morgan fingerprint density at radius 2 is 2.07 bits per heavy atom. The molecule has 0 saturated heterocycles. The highest BCUT2D eigenvalue weighted by Crippen LogP contribution is 2.26. The number of nitrogens with one attached hydrogen (secondary N) is 1. The first-order chi connectivity index (χ1) is 13.4. The first-order valence-corrected chi connectivity index (χ1v) is 9.39. The number of aryl methyl sites for hydroxylation is 1. The van der Waals surface area contributed by atoms with Gasteiger partial charge in [0.15, 0.2) is 0 Å². The standard InChI is InChI=1S/C19H18FN3O4S/c1-3-27-14(24)8-21-17(25)16-11(2)15-18(28-16)22-10-23(19(15)26)9-12-6-4-5-7-13(12)20/h4-7,10H,3,8-9H2,1-2H3,(H,21,25). The normalized spacial score (nSPS) is 10.8. The molecule has 0 fully saturated rings. The van der Waals surface area contributed by atoms with Crippen molar-refractivity contribution in [2.45, 2.75) is 20.4 Å². The first-order valence-electron chi connectivity index (χ1n) is 8.58. The van der Waals surface area contributed by atoms with Crippen LogP contribution in [0.25, 0.3) is 10.2 Å². The maximum atomic E-state index is 13.9. The Balaban J connectivity index is 1.90. The molecule has 1 N–H and O–H groups in total. The van der Waals surface area contributed by atoms with Gasteiger partial charge in [0.2, 0.25) is 0 Å². The maximum absolute atomic E-state index is 13.9. The second kappa shape index (κ2) is 8.30. The third-order valence-corrected chi connectivity index (χ3v) is 5.32. The number of carbonyl (C=O) groups is 2. The lowest BCUT2D eigenvalue weighted by molar-refractivity contribution is -0.141. The number of halogens is 1. The van der Waals surface area contributed by atoms with Crippen LogP contribution in [0.2, 0.25) is 0 Å². The van der Waals surface area contributed by atoms with E-state index in [0.717, 1.165) is 11.3 Å². The smallest absolute Gasteiger partial charge is 0.325 e. The van der Waals surface area contributed by atoms with Crippen LogP contribution in [-0.2, 0) is 16.1 Å². The molecule has 2 heterocycles. The molecule has 3 rings (SSSR count). The lowest BCUT2D eigenvalue weighted by Gasteiger charge is -2.06. The van der Waals surface area contributed by atoms with Crippen molar-refractivity contribution in [3.63, 3.8) is 0 Å². The predicted molar refractivity (Wildman–Crippen MR) is 103 cm³/mol. The zero-order valence-electron chi connectivity index (χ0n) is 15.3. The van der Waals surface area contributed by atoms with Crippen molar-refractivity contribution in [1.29, 1.82) is 0 Å². The number of carbonyl (C=O) groups excluding carboxylic acids is 2. The quantitative estimate of drug-likeness (QED) is 0.638. The molecule has 2 aromatic heterocycles. The number of esters is 1. The van der Waals surface area contributed by atoms with Crippen LogP contribution in [-0.4, -0.2) is 34.6 Å². The Kier molecular flexibility index (Phi) is 5.84. The Hall–Kier alpha value is -3.07. The molecule has 0 bridgehead atoms. The van der Waals surface area contributed by atoms with E-state index < -0.39 is 17.7 Å². The van der Waals surface area contributed by atoms with E-state index in [1.807, 2.05) is 0 Å². The first kappa shape index (κ1) is 19.7. The number of hydrogen-bond donors (Lipinski definition) is 1. The predicted octanol–water partition coefficient (Wildman–Crippen LogP) is 2.25. The highest BCUT2D eigenvalue weighted by molar-refractivity contribution is 7.20. The molecule has 7 nitrogen and oxygen atoms in total. The van der Waals surface area contributed by atoms with Gasteiger partial charge in [-0.2, -0.15) is 0 Å². The Labute approximate surface area is 163 Å². The average Bonchev–Trinajstić information content (AvgIpc) is 3.01. The summed E-state index contributed by atoms with van der Waals surface area (Å²) in [5.41, 5.74) is 0.485. The number of rotatable bonds is 6. The van der Waals surface area contributed by atoms with Crippen LogP contribution in [0.1, 0.15) is 27.7 Å². The number of amides is 1. The summed E-state index contributed by atoms with van der Waals surface area (Å²) < 4.78 is 20.0. The highest BCUT2D eigenvalue weighted by atomic mass is 32.1. The average molecular weight is 403 g/mol. The van der Waals surface area contributed by atoms with Gasteiger partial charge in [-0.1, -0.05) is 18.2 Å². The van der Waals surface area contributed by atoms with Gasteiger partial charge in [0, 0.05) is 5.56 Å². The third kappa shape index (κ3) is 3.94. The summed E-state index contributed by atoms with van der Waals surface area (Å²) in [6.45, 7) is 3.32. The van der Waals surface area contributed by atoms with E-state index in [0.29, 0.717) is 26.2 Å². The molecule has 28 heavy (non-hydrogen) atoms.